The van der Waals surface area contributed by atoms with E-state index in [1.807, 2.05) is 11.8 Å². The van der Waals surface area contributed by atoms with E-state index in [-0.39, 0.29) is 6.09 Å². The topological polar surface area (TPSA) is 83.5 Å². The number of nitrogens with zero attached hydrogens (tertiary/aromatic N) is 4. The average molecular weight is 323 g/mol. The summed E-state index contributed by atoms with van der Waals surface area (Å²) in [5.41, 5.74) is 5.20. The van der Waals surface area contributed by atoms with Crippen LogP contribution in [0, 0.1) is 0 Å². The Bertz CT molecular complexity index is 419. The summed E-state index contributed by atoms with van der Waals surface area (Å²) in [6, 6.07) is 0.929. The smallest absolute Gasteiger partial charge is 0.409 e. The largest absolute Gasteiger partial charge is 0.450 e. The zero-order valence-electron chi connectivity index (χ0n) is 14.1. The third kappa shape index (κ3) is 5.49. The van der Waals surface area contributed by atoms with Crippen molar-refractivity contribution in [3.8, 4) is 0 Å². The minimum atomic E-state index is -0.165. The van der Waals surface area contributed by atoms with Crippen LogP contribution in [0.3, 0.4) is 0 Å². The molecule has 7 heteroatoms. The van der Waals surface area contributed by atoms with Crippen LogP contribution in [0.1, 0.15) is 39.0 Å². The van der Waals surface area contributed by atoms with Crippen LogP contribution < -0.4 is 5.73 Å². The summed E-state index contributed by atoms with van der Waals surface area (Å²) in [5.74, 6) is 0. The Morgan fingerprint density at radius 2 is 2.00 bits per heavy atom. The van der Waals surface area contributed by atoms with Crippen molar-refractivity contribution in [2.24, 2.45) is 15.7 Å². The van der Waals surface area contributed by atoms with Crippen LogP contribution in [0.2, 0.25) is 0 Å². The van der Waals surface area contributed by atoms with Gasteiger partial charge in [0.25, 0.3) is 0 Å². The van der Waals surface area contributed by atoms with Crippen molar-refractivity contribution in [2.45, 2.75) is 51.1 Å². The summed E-state index contributed by atoms with van der Waals surface area (Å²) >= 11 is 0. The van der Waals surface area contributed by atoms with Crippen molar-refractivity contribution < 1.29 is 9.53 Å². The van der Waals surface area contributed by atoms with Crippen LogP contribution in [0.15, 0.2) is 9.98 Å². The summed E-state index contributed by atoms with van der Waals surface area (Å²) < 4.78 is 5.12. The van der Waals surface area contributed by atoms with Gasteiger partial charge in [0.1, 0.15) is 6.34 Å². The molecule has 1 atom stereocenters. The highest BCUT2D eigenvalue weighted by atomic mass is 16.6. The normalized spacial score (nSPS) is 25.1. The van der Waals surface area contributed by atoms with Crippen molar-refractivity contribution in [1.82, 2.24) is 9.80 Å². The average Bonchev–Trinajstić information content (AvgIpc) is 2.82. The number of likely N-dealkylation sites (tertiary alicyclic amines) is 2. The molecule has 0 aromatic rings. The number of nitrogens with two attached hydrogens (primary N) is 1. The van der Waals surface area contributed by atoms with E-state index in [0.717, 1.165) is 58.3 Å². The van der Waals surface area contributed by atoms with Gasteiger partial charge in [-0.05, 0) is 39.0 Å². The quantitative estimate of drug-likeness (QED) is 0.627. The molecule has 1 amide bonds. The minimum absolute atomic E-state index is 0.165. The fourth-order valence-corrected chi connectivity index (χ4v) is 3.41. The second kappa shape index (κ2) is 9.50. The number of aliphatic imine (C=N–C) groups is 2. The molecule has 2 saturated heterocycles. The molecule has 0 aliphatic carbocycles. The van der Waals surface area contributed by atoms with Crippen molar-refractivity contribution in [1.29, 1.82) is 0 Å². The monoisotopic (exact) mass is 323 g/mol. The fraction of sp³-hybridized carbons (Fsp3) is 0.812. The number of piperidine rings is 1. The highest BCUT2D eigenvalue weighted by Gasteiger charge is 2.28. The van der Waals surface area contributed by atoms with Gasteiger partial charge < -0.3 is 20.3 Å². The van der Waals surface area contributed by atoms with Gasteiger partial charge in [-0.1, -0.05) is 0 Å². The summed E-state index contributed by atoms with van der Waals surface area (Å²) in [7, 11) is 0. The van der Waals surface area contributed by atoms with Crippen molar-refractivity contribution in [3.05, 3.63) is 0 Å². The molecule has 2 aliphatic heterocycles. The van der Waals surface area contributed by atoms with Gasteiger partial charge in [0.2, 0.25) is 0 Å². The molecule has 7 nitrogen and oxygen atoms in total. The van der Waals surface area contributed by atoms with E-state index in [2.05, 4.69) is 14.9 Å². The maximum atomic E-state index is 11.9. The van der Waals surface area contributed by atoms with Crippen LogP contribution in [0.25, 0.3) is 0 Å². The highest BCUT2D eigenvalue weighted by molar-refractivity contribution is 5.69. The summed E-state index contributed by atoms with van der Waals surface area (Å²) in [5, 5.41) is 0. The van der Waals surface area contributed by atoms with Crippen LogP contribution in [-0.2, 0) is 4.74 Å². The first-order valence-electron chi connectivity index (χ1n) is 8.65. The number of hydrogen-bond acceptors (Lipinski definition) is 4. The van der Waals surface area contributed by atoms with Gasteiger partial charge in [-0.2, -0.15) is 0 Å². The van der Waals surface area contributed by atoms with Crippen molar-refractivity contribution in [2.75, 3.05) is 32.8 Å². The van der Waals surface area contributed by atoms with Gasteiger partial charge in [-0.3, -0.25) is 4.99 Å². The maximum Gasteiger partial charge on any atom is 0.409 e. The Balaban J connectivity index is 1.77. The second-order valence-electron chi connectivity index (χ2n) is 6.10. The molecule has 2 fully saturated rings. The predicted molar refractivity (Wildman–Crippen MR) is 92.0 cm³/mol. The molecule has 2 N–H and O–H groups in total. The third-order valence-electron chi connectivity index (χ3n) is 4.67. The van der Waals surface area contributed by atoms with E-state index >= 15 is 0 Å². The van der Waals surface area contributed by atoms with Gasteiger partial charge in [0, 0.05) is 32.2 Å². The molecular weight excluding hydrogens is 294 g/mol. The predicted octanol–water partition coefficient (Wildman–Crippen LogP) is 1.48. The van der Waals surface area contributed by atoms with E-state index < -0.39 is 0 Å². The van der Waals surface area contributed by atoms with Crippen LogP contribution in [0.4, 0.5) is 4.79 Å². The molecule has 1 unspecified atom stereocenters. The van der Waals surface area contributed by atoms with Crippen LogP contribution >= 0.6 is 0 Å². The molecule has 0 aromatic heterocycles. The van der Waals surface area contributed by atoms with Gasteiger partial charge in [-0.25, -0.2) is 9.79 Å². The molecule has 0 radical (unpaired) electrons. The van der Waals surface area contributed by atoms with Gasteiger partial charge in [0.05, 0.1) is 19.0 Å². The van der Waals surface area contributed by atoms with E-state index in [9.17, 15) is 4.79 Å². The van der Waals surface area contributed by atoms with Crippen molar-refractivity contribution in [3.63, 3.8) is 0 Å². The number of amides is 1. The lowest BCUT2D eigenvalue weighted by Crippen LogP contribution is -2.43. The Kier molecular flexibility index (Phi) is 7.32. The second-order valence-corrected chi connectivity index (χ2v) is 6.10. The van der Waals surface area contributed by atoms with Gasteiger partial charge in [0.15, 0.2) is 0 Å². The zero-order chi connectivity index (χ0) is 16.5. The fourth-order valence-electron chi connectivity index (χ4n) is 3.41. The van der Waals surface area contributed by atoms with E-state index in [1.54, 1.807) is 6.34 Å². The maximum absolute atomic E-state index is 11.9. The van der Waals surface area contributed by atoms with Gasteiger partial charge >= 0.3 is 6.09 Å². The first kappa shape index (κ1) is 17.7. The van der Waals surface area contributed by atoms with Crippen LogP contribution in [-0.4, -0.2) is 73.4 Å². The van der Waals surface area contributed by atoms with Crippen molar-refractivity contribution >= 4 is 18.8 Å². The number of carbonyl (C=O) groups excluding carboxylic acids is 1. The molecule has 0 saturated carbocycles. The highest BCUT2D eigenvalue weighted by Crippen LogP contribution is 2.22. The molecule has 2 rings (SSSR count). The summed E-state index contributed by atoms with van der Waals surface area (Å²) in [6.07, 6.45) is 8.02. The molecular formula is C16H29N5O2. The summed E-state index contributed by atoms with van der Waals surface area (Å²) in [6.45, 7) is 6.04. The lowest BCUT2D eigenvalue weighted by molar-refractivity contribution is 0.105. The minimum Gasteiger partial charge on any atom is -0.450 e. The lowest BCUT2D eigenvalue weighted by Gasteiger charge is -2.36. The molecule has 130 valence electrons. The Labute approximate surface area is 138 Å². The number of carbonyl (C=O) groups is 1. The Morgan fingerprint density at radius 1 is 1.22 bits per heavy atom. The molecule has 2 heterocycles. The SMILES string of the molecule is CCOC(=O)N1CCCC(N2CCC(N=CN=CN)CC2)CC1. The first-order chi connectivity index (χ1) is 11.2. The number of hydrogen-bond donors (Lipinski definition) is 1. The van der Waals surface area contributed by atoms with E-state index in [4.69, 9.17) is 10.5 Å². The molecule has 23 heavy (non-hydrogen) atoms. The third-order valence-corrected chi connectivity index (χ3v) is 4.67. The first-order valence-corrected chi connectivity index (χ1v) is 8.65. The molecule has 0 aromatic carbocycles. The standard InChI is InChI=1S/C16H29N5O2/c1-2-23-16(22)21-8-3-4-15(7-11-21)20-9-5-14(6-10-20)19-13-18-12-17/h12-15H,2-11H2,1H3,(H2,17,18,19). The zero-order valence-corrected chi connectivity index (χ0v) is 14.1. The summed E-state index contributed by atoms with van der Waals surface area (Å²) in [4.78, 5) is 24.5. The van der Waals surface area contributed by atoms with E-state index in [1.165, 1.54) is 6.34 Å². The van der Waals surface area contributed by atoms with Crippen LogP contribution in [0.5, 0.6) is 0 Å². The Morgan fingerprint density at radius 3 is 2.70 bits per heavy atom. The number of rotatable bonds is 4. The lowest BCUT2D eigenvalue weighted by atomic mass is 10.0. The van der Waals surface area contributed by atoms with Gasteiger partial charge in [-0.15, -0.1) is 0 Å². The van der Waals surface area contributed by atoms with E-state index in [0.29, 0.717) is 18.7 Å². The number of ether oxygens (including phenoxy) is 1. The molecule has 0 bridgehead atoms. The molecule has 0 spiro atoms. The Hall–Kier alpha value is -1.63. The molecule has 2 aliphatic rings.